The summed E-state index contributed by atoms with van der Waals surface area (Å²) in [4.78, 5) is 0. The second kappa shape index (κ2) is 6.47. The van der Waals surface area contributed by atoms with Crippen LogP contribution in [0.25, 0.3) is 10.9 Å². The van der Waals surface area contributed by atoms with Crippen molar-refractivity contribution in [3.05, 3.63) is 65.4 Å². The van der Waals surface area contributed by atoms with Crippen molar-refractivity contribution in [3.8, 4) is 5.75 Å². The number of nitrogens with zero attached hydrogens (tertiary/aromatic N) is 1. The van der Waals surface area contributed by atoms with Crippen molar-refractivity contribution in [2.75, 3.05) is 0 Å². The normalized spacial score (nSPS) is 11.3. The Hall–Kier alpha value is -2.26. The fourth-order valence-electron chi connectivity index (χ4n) is 2.92. The number of rotatable bonds is 5. The fourth-order valence-corrected chi connectivity index (χ4v) is 2.92. The van der Waals surface area contributed by atoms with Crippen molar-refractivity contribution in [2.24, 2.45) is 5.73 Å². The third-order valence-corrected chi connectivity index (χ3v) is 4.25. The summed E-state index contributed by atoms with van der Waals surface area (Å²) in [5, 5.41) is 1.23. The first-order chi connectivity index (χ1) is 11.1. The molecule has 120 valence electrons. The Balaban J connectivity index is 1.97. The lowest BCUT2D eigenvalue weighted by Gasteiger charge is -2.09. The van der Waals surface area contributed by atoms with Crippen LogP contribution < -0.4 is 10.5 Å². The van der Waals surface area contributed by atoms with Gasteiger partial charge in [-0.25, -0.2) is 0 Å². The zero-order valence-corrected chi connectivity index (χ0v) is 14.0. The van der Waals surface area contributed by atoms with E-state index in [0.29, 0.717) is 19.2 Å². The highest BCUT2D eigenvalue weighted by Crippen LogP contribution is 2.27. The Morgan fingerprint density at radius 3 is 2.61 bits per heavy atom. The van der Waals surface area contributed by atoms with Crippen molar-refractivity contribution in [3.63, 3.8) is 0 Å². The van der Waals surface area contributed by atoms with Crippen LogP contribution in [0.1, 0.15) is 36.6 Å². The molecule has 0 amide bonds. The lowest BCUT2D eigenvalue weighted by atomic mass is 10.1. The number of para-hydroxylation sites is 1. The van der Waals surface area contributed by atoms with Crippen LogP contribution in [0.5, 0.6) is 5.75 Å². The maximum absolute atomic E-state index is 6.05. The van der Waals surface area contributed by atoms with Crippen molar-refractivity contribution in [2.45, 2.75) is 40.0 Å². The van der Waals surface area contributed by atoms with Crippen LogP contribution in [0, 0.1) is 6.92 Å². The predicted octanol–water partition coefficient (Wildman–Crippen LogP) is 4.57. The fraction of sp³-hybridized carbons (Fsp3) is 0.300. The van der Waals surface area contributed by atoms with E-state index in [2.05, 4.69) is 55.8 Å². The molecule has 0 aliphatic carbocycles. The molecule has 3 nitrogen and oxygen atoms in total. The molecule has 0 bridgehead atoms. The average Bonchev–Trinajstić information content (AvgIpc) is 2.92. The molecule has 3 aromatic rings. The van der Waals surface area contributed by atoms with Gasteiger partial charge in [-0.1, -0.05) is 24.3 Å². The summed E-state index contributed by atoms with van der Waals surface area (Å²) in [6.45, 7) is 7.58. The van der Waals surface area contributed by atoms with Gasteiger partial charge in [-0.2, -0.15) is 0 Å². The van der Waals surface area contributed by atoms with Gasteiger partial charge in [0.05, 0.1) is 0 Å². The second-order valence-electron chi connectivity index (χ2n) is 6.27. The third kappa shape index (κ3) is 3.10. The number of hydrogen-bond acceptors (Lipinski definition) is 2. The standard InChI is InChI=1S/C20H24N2O/c1-14(2)22-12-17(13-23-20-7-5-4-6-15(20)3)18-10-16(11-21)8-9-19(18)22/h4-10,12,14H,11,13,21H2,1-3H3. The van der Waals surface area contributed by atoms with Crippen LogP contribution in [-0.2, 0) is 13.2 Å². The molecule has 0 radical (unpaired) electrons. The second-order valence-corrected chi connectivity index (χ2v) is 6.27. The van der Waals surface area contributed by atoms with E-state index in [1.807, 2.05) is 18.2 Å². The van der Waals surface area contributed by atoms with E-state index in [9.17, 15) is 0 Å². The van der Waals surface area contributed by atoms with Gasteiger partial charge in [0, 0.05) is 35.2 Å². The van der Waals surface area contributed by atoms with Crippen molar-refractivity contribution >= 4 is 10.9 Å². The number of benzene rings is 2. The summed E-state index contributed by atoms with van der Waals surface area (Å²) in [7, 11) is 0. The van der Waals surface area contributed by atoms with Crippen LogP contribution >= 0.6 is 0 Å². The number of aromatic nitrogens is 1. The third-order valence-electron chi connectivity index (χ3n) is 4.25. The van der Waals surface area contributed by atoms with E-state index in [1.165, 1.54) is 16.5 Å². The van der Waals surface area contributed by atoms with E-state index in [4.69, 9.17) is 10.5 Å². The highest BCUT2D eigenvalue weighted by molar-refractivity contribution is 5.84. The number of aryl methyl sites for hydroxylation is 1. The highest BCUT2D eigenvalue weighted by atomic mass is 16.5. The molecule has 0 saturated carbocycles. The summed E-state index contributed by atoms with van der Waals surface area (Å²) in [5.74, 6) is 0.938. The minimum absolute atomic E-state index is 0.411. The largest absolute Gasteiger partial charge is 0.489 e. The van der Waals surface area contributed by atoms with Gasteiger partial charge in [-0.05, 0) is 50.1 Å². The lowest BCUT2D eigenvalue weighted by molar-refractivity contribution is 0.305. The molecule has 1 heterocycles. The number of nitrogens with two attached hydrogens (primary N) is 1. The van der Waals surface area contributed by atoms with E-state index >= 15 is 0 Å². The van der Waals surface area contributed by atoms with Crippen LogP contribution in [0.3, 0.4) is 0 Å². The monoisotopic (exact) mass is 308 g/mol. The van der Waals surface area contributed by atoms with Gasteiger partial charge < -0.3 is 15.0 Å². The zero-order valence-electron chi connectivity index (χ0n) is 14.0. The summed E-state index contributed by atoms with van der Waals surface area (Å²) < 4.78 is 8.35. The molecular formula is C20H24N2O. The first-order valence-electron chi connectivity index (χ1n) is 8.11. The molecular weight excluding hydrogens is 284 g/mol. The van der Waals surface area contributed by atoms with Gasteiger partial charge in [0.2, 0.25) is 0 Å². The van der Waals surface area contributed by atoms with Gasteiger partial charge in [0.1, 0.15) is 12.4 Å². The topological polar surface area (TPSA) is 40.2 Å². The van der Waals surface area contributed by atoms with E-state index in [-0.39, 0.29) is 0 Å². The SMILES string of the molecule is Cc1ccccc1OCc1cn(C(C)C)c2ccc(CN)cc12. The Morgan fingerprint density at radius 2 is 1.91 bits per heavy atom. The first-order valence-corrected chi connectivity index (χ1v) is 8.11. The minimum Gasteiger partial charge on any atom is -0.489 e. The maximum atomic E-state index is 6.05. The summed E-state index contributed by atoms with van der Waals surface area (Å²) in [6, 6.07) is 15.0. The molecule has 2 aromatic carbocycles. The molecule has 0 unspecified atom stereocenters. The highest BCUT2D eigenvalue weighted by Gasteiger charge is 2.12. The molecule has 2 N–H and O–H groups in total. The van der Waals surface area contributed by atoms with Crippen LogP contribution in [0.4, 0.5) is 0 Å². The number of fused-ring (bicyclic) bond motifs is 1. The van der Waals surface area contributed by atoms with Crippen molar-refractivity contribution < 1.29 is 4.74 Å². The summed E-state index contributed by atoms with van der Waals surface area (Å²) in [5.41, 5.74) is 10.5. The Morgan fingerprint density at radius 1 is 1.13 bits per heavy atom. The van der Waals surface area contributed by atoms with Crippen molar-refractivity contribution in [1.82, 2.24) is 4.57 Å². The zero-order chi connectivity index (χ0) is 16.4. The predicted molar refractivity (Wildman–Crippen MR) is 95.7 cm³/mol. The number of hydrogen-bond donors (Lipinski definition) is 1. The van der Waals surface area contributed by atoms with Gasteiger partial charge >= 0.3 is 0 Å². The molecule has 0 aliphatic heterocycles. The molecule has 0 aliphatic rings. The average molecular weight is 308 g/mol. The molecule has 23 heavy (non-hydrogen) atoms. The minimum atomic E-state index is 0.411. The number of ether oxygens (including phenoxy) is 1. The molecule has 0 atom stereocenters. The van der Waals surface area contributed by atoms with Crippen molar-refractivity contribution in [1.29, 1.82) is 0 Å². The van der Waals surface area contributed by atoms with Crippen LogP contribution in [0.2, 0.25) is 0 Å². The molecule has 0 fully saturated rings. The van der Waals surface area contributed by atoms with Gasteiger partial charge in [0.25, 0.3) is 0 Å². The molecule has 0 saturated heterocycles. The maximum Gasteiger partial charge on any atom is 0.122 e. The first kappa shape index (κ1) is 15.6. The Bertz CT molecular complexity index is 818. The van der Waals surface area contributed by atoms with E-state index in [0.717, 1.165) is 16.9 Å². The molecule has 1 aromatic heterocycles. The lowest BCUT2D eigenvalue weighted by Crippen LogP contribution is -1.99. The summed E-state index contributed by atoms with van der Waals surface area (Å²) >= 11 is 0. The smallest absolute Gasteiger partial charge is 0.122 e. The Kier molecular flexibility index (Phi) is 4.39. The molecule has 3 heteroatoms. The van der Waals surface area contributed by atoms with Crippen LogP contribution in [0.15, 0.2) is 48.7 Å². The molecule has 0 spiro atoms. The molecule has 3 rings (SSSR count). The van der Waals surface area contributed by atoms with Gasteiger partial charge in [0.15, 0.2) is 0 Å². The van der Waals surface area contributed by atoms with Crippen LogP contribution in [-0.4, -0.2) is 4.57 Å². The van der Waals surface area contributed by atoms with E-state index in [1.54, 1.807) is 0 Å². The van der Waals surface area contributed by atoms with Gasteiger partial charge in [-0.15, -0.1) is 0 Å². The van der Waals surface area contributed by atoms with E-state index < -0.39 is 0 Å². The summed E-state index contributed by atoms with van der Waals surface area (Å²) in [6.07, 6.45) is 2.20. The quantitative estimate of drug-likeness (QED) is 0.750. The van der Waals surface area contributed by atoms with Gasteiger partial charge in [-0.3, -0.25) is 0 Å². The Labute approximate surface area is 137 Å².